The Labute approximate surface area is 171 Å². The van der Waals surface area contributed by atoms with Gasteiger partial charge < -0.3 is 20.9 Å². The van der Waals surface area contributed by atoms with Gasteiger partial charge in [0.2, 0.25) is 23.6 Å². The van der Waals surface area contributed by atoms with E-state index in [0.717, 1.165) is 0 Å². The van der Waals surface area contributed by atoms with Crippen LogP contribution in [0.15, 0.2) is 0 Å². The molecular formula is C20H31N4O5. The first-order chi connectivity index (χ1) is 13.6. The average molecular weight is 407 g/mol. The normalized spacial score (nSPS) is 24.1. The second kappa shape index (κ2) is 9.37. The van der Waals surface area contributed by atoms with Gasteiger partial charge in [-0.15, -0.1) is 0 Å². The molecule has 2 heterocycles. The van der Waals surface area contributed by atoms with Crippen molar-refractivity contribution in [1.82, 2.24) is 15.1 Å². The molecule has 2 rings (SSSR count). The number of rotatable bonds is 8. The van der Waals surface area contributed by atoms with Gasteiger partial charge in [0.05, 0.1) is 19.0 Å². The highest BCUT2D eigenvalue weighted by Crippen LogP contribution is 2.31. The first-order valence-corrected chi connectivity index (χ1v) is 10.1. The van der Waals surface area contributed by atoms with E-state index in [2.05, 4.69) is 5.32 Å². The summed E-state index contributed by atoms with van der Waals surface area (Å²) in [5.74, 6) is -2.13. The summed E-state index contributed by atoms with van der Waals surface area (Å²) in [6, 6.07) is -1.76. The summed E-state index contributed by atoms with van der Waals surface area (Å²) in [4.78, 5) is 64.1. The first-order valence-electron chi connectivity index (χ1n) is 10.1. The van der Waals surface area contributed by atoms with Gasteiger partial charge in [0, 0.05) is 19.4 Å². The summed E-state index contributed by atoms with van der Waals surface area (Å²) < 4.78 is 0. The lowest BCUT2D eigenvalue weighted by Crippen LogP contribution is -2.53. The standard InChI is InChI=1S/C20H31N4O5/c1-5-11(2)17(22-13(4)25)20(29)24-10-15(26)18-14(24)8-9-23(18)16(27)7-6-12(3)19(21)28/h7,11-12,14,17-18H,5-6,8-10H2,1-4H3,(H2,21,28)(H,22,25). The predicted octanol–water partition coefficient (Wildman–Crippen LogP) is -0.366. The van der Waals surface area contributed by atoms with Gasteiger partial charge in [-0.05, 0) is 18.8 Å². The lowest BCUT2D eigenvalue weighted by molar-refractivity contribution is -0.138. The average Bonchev–Trinajstić information content (AvgIpc) is 3.24. The number of Topliss-reactive ketones (excluding diaryl/α,β-unsaturated/α-hetero) is 1. The molecule has 0 spiro atoms. The van der Waals surface area contributed by atoms with Crippen LogP contribution in [0, 0.1) is 18.3 Å². The number of ketones is 1. The summed E-state index contributed by atoms with van der Waals surface area (Å²) in [5.41, 5.74) is 5.22. The van der Waals surface area contributed by atoms with Crippen LogP contribution in [0.2, 0.25) is 0 Å². The lowest BCUT2D eigenvalue weighted by Gasteiger charge is -2.30. The number of amides is 4. The van der Waals surface area contributed by atoms with Gasteiger partial charge in [0.15, 0.2) is 5.78 Å². The van der Waals surface area contributed by atoms with Gasteiger partial charge in [-0.25, -0.2) is 0 Å². The van der Waals surface area contributed by atoms with E-state index in [-0.39, 0.29) is 48.4 Å². The molecule has 2 saturated heterocycles. The fourth-order valence-electron chi connectivity index (χ4n) is 3.95. The molecule has 0 aromatic carbocycles. The molecule has 0 aromatic rings. The van der Waals surface area contributed by atoms with Gasteiger partial charge in [0.25, 0.3) is 0 Å². The fraction of sp³-hybridized carbons (Fsp3) is 0.700. The summed E-state index contributed by atoms with van der Waals surface area (Å²) in [7, 11) is 0. The summed E-state index contributed by atoms with van der Waals surface area (Å²) in [6.07, 6.45) is 2.79. The molecular weight excluding hydrogens is 376 g/mol. The first kappa shape index (κ1) is 22.8. The van der Waals surface area contributed by atoms with Crippen molar-refractivity contribution in [2.75, 3.05) is 13.1 Å². The molecule has 4 amide bonds. The molecule has 0 saturated carbocycles. The molecule has 161 valence electrons. The van der Waals surface area contributed by atoms with Crippen LogP contribution in [0.1, 0.15) is 47.0 Å². The fourth-order valence-corrected chi connectivity index (χ4v) is 3.95. The Hall–Kier alpha value is -2.45. The van der Waals surface area contributed by atoms with Gasteiger partial charge in [0.1, 0.15) is 12.1 Å². The molecule has 5 unspecified atom stereocenters. The molecule has 1 radical (unpaired) electrons. The smallest absolute Gasteiger partial charge is 0.246 e. The maximum Gasteiger partial charge on any atom is 0.246 e. The van der Waals surface area contributed by atoms with Crippen LogP contribution in [0.3, 0.4) is 0 Å². The molecule has 9 nitrogen and oxygen atoms in total. The van der Waals surface area contributed by atoms with E-state index in [4.69, 9.17) is 5.73 Å². The molecule has 2 fully saturated rings. The Morgan fingerprint density at radius 3 is 2.45 bits per heavy atom. The number of fused-ring (bicyclic) bond motifs is 1. The Morgan fingerprint density at radius 2 is 1.90 bits per heavy atom. The maximum absolute atomic E-state index is 13.1. The van der Waals surface area contributed by atoms with E-state index < -0.39 is 23.9 Å². The van der Waals surface area contributed by atoms with Crippen LogP contribution >= 0.6 is 0 Å². The van der Waals surface area contributed by atoms with Gasteiger partial charge >= 0.3 is 0 Å². The van der Waals surface area contributed by atoms with E-state index >= 15 is 0 Å². The second-order valence-corrected chi connectivity index (χ2v) is 8.07. The van der Waals surface area contributed by atoms with Crippen molar-refractivity contribution < 1.29 is 24.0 Å². The van der Waals surface area contributed by atoms with Gasteiger partial charge in [-0.1, -0.05) is 27.2 Å². The molecule has 9 heteroatoms. The third kappa shape index (κ3) is 4.94. The Balaban J connectivity index is 2.10. The zero-order valence-corrected chi connectivity index (χ0v) is 17.5. The van der Waals surface area contributed by atoms with Crippen molar-refractivity contribution in [3.05, 3.63) is 6.42 Å². The number of nitrogens with zero attached hydrogens (tertiary/aromatic N) is 2. The number of carbonyl (C=O) groups is 5. The number of primary amides is 1. The highest BCUT2D eigenvalue weighted by molar-refractivity contribution is 6.00. The number of nitrogens with one attached hydrogen (secondary N) is 1. The van der Waals surface area contributed by atoms with E-state index in [0.29, 0.717) is 19.4 Å². The van der Waals surface area contributed by atoms with Crippen LogP contribution in [0.4, 0.5) is 0 Å². The minimum Gasteiger partial charge on any atom is -0.369 e. The largest absolute Gasteiger partial charge is 0.369 e. The molecule has 29 heavy (non-hydrogen) atoms. The Kier molecular flexibility index (Phi) is 7.37. The van der Waals surface area contributed by atoms with Crippen LogP contribution < -0.4 is 11.1 Å². The van der Waals surface area contributed by atoms with Crippen molar-refractivity contribution >= 4 is 29.4 Å². The lowest BCUT2D eigenvalue weighted by atomic mass is 9.97. The van der Waals surface area contributed by atoms with E-state index in [9.17, 15) is 24.0 Å². The maximum atomic E-state index is 13.1. The minimum absolute atomic E-state index is 0.0673. The van der Waals surface area contributed by atoms with E-state index in [1.807, 2.05) is 13.8 Å². The van der Waals surface area contributed by atoms with Crippen LogP contribution in [-0.2, 0) is 24.0 Å². The van der Waals surface area contributed by atoms with Gasteiger partial charge in [-0.2, -0.15) is 0 Å². The molecule has 5 atom stereocenters. The third-order valence-electron chi connectivity index (χ3n) is 5.96. The summed E-state index contributed by atoms with van der Waals surface area (Å²) in [5, 5.41) is 2.71. The van der Waals surface area contributed by atoms with Crippen molar-refractivity contribution in [3.8, 4) is 0 Å². The molecule has 2 aliphatic rings. The van der Waals surface area contributed by atoms with Crippen molar-refractivity contribution in [2.45, 2.75) is 65.1 Å². The topological polar surface area (TPSA) is 130 Å². The SMILES string of the molecule is CCC(C)C(NC(C)=O)C(=O)N1CC(=O)C2C1CCN2C(=O)[CH]CC(C)C(N)=O. The minimum atomic E-state index is -0.697. The second-order valence-electron chi connectivity index (χ2n) is 8.07. The number of nitrogens with two attached hydrogens (primary N) is 1. The van der Waals surface area contributed by atoms with E-state index in [1.165, 1.54) is 23.1 Å². The van der Waals surface area contributed by atoms with Crippen LogP contribution in [-0.4, -0.2) is 70.4 Å². The number of carbonyl (C=O) groups excluding carboxylic acids is 5. The third-order valence-corrected chi connectivity index (χ3v) is 5.96. The molecule has 0 aromatic heterocycles. The summed E-state index contributed by atoms with van der Waals surface area (Å²) >= 11 is 0. The molecule has 2 aliphatic heterocycles. The zero-order valence-electron chi connectivity index (χ0n) is 17.5. The number of hydrogen-bond donors (Lipinski definition) is 2. The summed E-state index contributed by atoms with van der Waals surface area (Å²) in [6.45, 7) is 7.11. The van der Waals surface area contributed by atoms with Crippen molar-refractivity contribution in [2.24, 2.45) is 17.6 Å². The van der Waals surface area contributed by atoms with Gasteiger partial charge in [-0.3, -0.25) is 24.0 Å². The molecule has 0 aliphatic carbocycles. The van der Waals surface area contributed by atoms with Crippen LogP contribution in [0.25, 0.3) is 0 Å². The monoisotopic (exact) mass is 407 g/mol. The van der Waals surface area contributed by atoms with E-state index in [1.54, 1.807) is 6.92 Å². The highest BCUT2D eigenvalue weighted by Gasteiger charge is 2.52. The van der Waals surface area contributed by atoms with Crippen molar-refractivity contribution in [1.29, 1.82) is 0 Å². The Morgan fingerprint density at radius 1 is 1.24 bits per heavy atom. The van der Waals surface area contributed by atoms with Crippen molar-refractivity contribution in [3.63, 3.8) is 0 Å². The zero-order chi connectivity index (χ0) is 21.9. The Bertz CT molecular complexity index is 694. The predicted molar refractivity (Wildman–Crippen MR) is 105 cm³/mol. The van der Waals surface area contributed by atoms with Crippen LogP contribution in [0.5, 0.6) is 0 Å². The number of likely N-dealkylation sites (tertiary alicyclic amines) is 2. The quantitative estimate of drug-likeness (QED) is 0.567. The number of hydrogen-bond acceptors (Lipinski definition) is 5. The highest BCUT2D eigenvalue weighted by atomic mass is 16.2. The molecule has 0 bridgehead atoms. The molecule has 3 N–H and O–H groups in total.